The number of aryl methyl sites for hydroxylation is 2. The standard InChI is InChI=1S/C20H20ClN3O6/c1-12-3-5-14(9-16(12)21)22-18(25)7-8-20(27)30-11-19(26)23-15-6-4-13(2)17(10-15)24(28)29/h3-6,9-10H,7-8,11H2,1-2H3,(H,22,25)(H,23,26). The smallest absolute Gasteiger partial charge is 0.306 e. The molecule has 0 aliphatic carbocycles. The highest BCUT2D eigenvalue weighted by molar-refractivity contribution is 6.31. The van der Waals surface area contributed by atoms with Crippen molar-refractivity contribution >= 4 is 46.4 Å². The Hall–Kier alpha value is -3.46. The Morgan fingerprint density at radius 2 is 1.57 bits per heavy atom. The van der Waals surface area contributed by atoms with Crippen LogP contribution in [0.4, 0.5) is 17.1 Å². The van der Waals surface area contributed by atoms with Crippen LogP contribution in [0.3, 0.4) is 0 Å². The first-order valence-electron chi connectivity index (χ1n) is 8.92. The van der Waals surface area contributed by atoms with Crippen molar-refractivity contribution in [2.75, 3.05) is 17.2 Å². The zero-order valence-electron chi connectivity index (χ0n) is 16.4. The molecule has 0 aromatic heterocycles. The van der Waals surface area contributed by atoms with E-state index in [2.05, 4.69) is 10.6 Å². The average Bonchev–Trinajstić information content (AvgIpc) is 2.69. The molecule has 0 heterocycles. The maximum atomic E-state index is 11.9. The predicted octanol–water partition coefficient (Wildman–Crippen LogP) is 3.77. The molecule has 0 spiro atoms. The van der Waals surface area contributed by atoms with E-state index in [0.29, 0.717) is 16.3 Å². The van der Waals surface area contributed by atoms with Crippen molar-refractivity contribution in [3.05, 3.63) is 62.7 Å². The molecule has 2 rings (SSSR count). The van der Waals surface area contributed by atoms with E-state index in [1.807, 2.05) is 6.92 Å². The maximum absolute atomic E-state index is 11.9. The van der Waals surface area contributed by atoms with Crippen LogP contribution in [-0.4, -0.2) is 29.3 Å². The Balaban J connectivity index is 1.75. The van der Waals surface area contributed by atoms with Gasteiger partial charge in [0, 0.05) is 34.4 Å². The van der Waals surface area contributed by atoms with Gasteiger partial charge in [0.2, 0.25) is 5.91 Å². The van der Waals surface area contributed by atoms with Crippen molar-refractivity contribution in [1.29, 1.82) is 0 Å². The summed E-state index contributed by atoms with van der Waals surface area (Å²) >= 11 is 5.99. The lowest BCUT2D eigenvalue weighted by molar-refractivity contribution is -0.385. The van der Waals surface area contributed by atoms with Crippen LogP contribution in [-0.2, 0) is 19.1 Å². The predicted molar refractivity (Wildman–Crippen MR) is 111 cm³/mol. The number of carbonyl (C=O) groups excluding carboxylic acids is 3. The third kappa shape index (κ3) is 6.85. The number of carbonyl (C=O) groups is 3. The summed E-state index contributed by atoms with van der Waals surface area (Å²) in [5.41, 5.74) is 1.91. The molecule has 0 bridgehead atoms. The van der Waals surface area contributed by atoms with E-state index >= 15 is 0 Å². The fourth-order valence-electron chi connectivity index (χ4n) is 2.41. The van der Waals surface area contributed by atoms with Crippen LogP contribution in [0.15, 0.2) is 36.4 Å². The topological polar surface area (TPSA) is 128 Å². The van der Waals surface area contributed by atoms with Crippen LogP contribution in [0.25, 0.3) is 0 Å². The minimum atomic E-state index is -0.725. The number of hydrogen-bond acceptors (Lipinski definition) is 6. The van der Waals surface area contributed by atoms with Gasteiger partial charge in [-0.1, -0.05) is 23.7 Å². The quantitative estimate of drug-likeness (QED) is 0.370. The molecule has 9 nitrogen and oxygen atoms in total. The monoisotopic (exact) mass is 433 g/mol. The molecule has 30 heavy (non-hydrogen) atoms. The van der Waals surface area contributed by atoms with Crippen LogP contribution < -0.4 is 10.6 Å². The lowest BCUT2D eigenvalue weighted by Crippen LogP contribution is -2.21. The number of amides is 2. The molecular weight excluding hydrogens is 414 g/mol. The van der Waals surface area contributed by atoms with Crippen LogP contribution in [0.5, 0.6) is 0 Å². The van der Waals surface area contributed by atoms with E-state index in [-0.39, 0.29) is 24.2 Å². The van der Waals surface area contributed by atoms with Gasteiger partial charge >= 0.3 is 5.97 Å². The van der Waals surface area contributed by atoms with E-state index in [9.17, 15) is 24.5 Å². The number of nitrogens with zero attached hydrogens (tertiary/aromatic N) is 1. The molecular formula is C20H20ClN3O6. The van der Waals surface area contributed by atoms with Gasteiger partial charge in [-0.05, 0) is 37.6 Å². The molecule has 2 N–H and O–H groups in total. The zero-order chi connectivity index (χ0) is 22.3. The van der Waals surface area contributed by atoms with Gasteiger partial charge in [-0.15, -0.1) is 0 Å². The number of benzene rings is 2. The number of hydrogen-bond donors (Lipinski definition) is 2. The second-order valence-corrected chi connectivity index (χ2v) is 6.89. The molecule has 2 aromatic carbocycles. The lowest BCUT2D eigenvalue weighted by atomic mass is 10.2. The summed E-state index contributed by atoms with van der Waals surface area (Å²) in [4.78, 5) is 45.9. The molecule has 2 amide bonds. The van der Waals surface area contributed by atoms with Gasteiger partial charge in [0.25, 0.3) is 11.6 Å². The highest BCUT2D eigenvalue weighted by Gasteiger charge is 2.14. The van der Waals surface area contributed by atoms with Crippen LogP contribution >= 0.6 is 11.6 Å². The fraction of sp³-hybridized carbons (Fsp3) is 0.250. The first-order valence-corrected chi connectivity index (χ1v) is 9.30. The fourth-order valence-corrected chi connectivity index (χ4v) is 2.59. The number of nitro benzene ring substituents is 1. The Morgan fingerprint density at radius 1 is 0.967 bits per heavy atom. The van der Waals surface area contributed by atoms with E-state index in [1.54, 1.807) is 25.1 Å². The average molecular weight is 434 g/mol. The van der Waals surface area contributed by atoms with Gasteiger partial charge in [-0.25, -0.2) is 0 Å². The number of nitrogens with one attached hydrogen (secondary N) is 2. The number of halogens is 1. The second-order valence-electron chi connectivity index (χ2n) is 6.48. The highest BCUT2D eigenvalue weighted by atomic mass is 35.5. The SMILES string of the molecule is Cc1ccc(NC(=O)CCC(=O)OCC(=O)Nc2ccc(C)c([N+](=O)[O-])c2)cc1Cl. The summed E-state index contributed by atoms with van der Waals surface area (Å²) in [7, 11) is 0. The van der Waals surface area contributed by atoms with Crippen molar-refractivity contribution in [2.24, 2.45) is 0 Å². The molecule has 0 saturated heterocycles. The van der Waals surface area contributed by atoms with Crippen LogP contribution in [0.2, 0.25) is 5.02 Å². The minimum absolute atomic E-state index is 0.129. The minimum Gasteiger partial charge on any atom is -0.456 e. The summed E-state index contributed by atoms with van der Waals surface area (Å²) in [6.07, 6.45) is -0.342. The molecule has 0 unspecified atom stereocenters. The largest absolute Gasteiger partial charge is 0.456 e. The number of nitro groups is 1. The number of rotatable bonds is 8. The van der Waals surface area contributed by atoms with Gasteiger partial charge in [0.05, 0.1) is 11.3 Å². The van der Waals surface area contributed by atoms with Crippen molar-refractivity contribution < 1.29 is 24.0 Å². The molecule has 10 heteroatoms. The summed E-state index contributed by atoms with van der Waals surface area (Å²) in [5, 5.41) is 16.5. The zero-order valence-corrected chi connectivity index (χ0v) is 17.1. The number of esters is 1. The van der Waals surface area contributed by atoms with Gasteiger partial charge in [-0.2, -0.15) is 0 Å². The Morgan fingerprint density at radius 3 is 2.20 bits per heavy atom. The summed E-state index contributed by atoms with van der Waals surface area (Å²) < 4.78 is 4.83. The molecule has 158 valence electrons. The first kappa shape index (κ1) is 22.8. The van der Waals surface area contributed by atoms with E-state index in [4.69, 9.17) is 16.3 Å². The first-order chi connectivity index (χ1) is 14.2. The van der Waals surface area contributed by atoms with E-state index < -0.39 is 29.3 Å². The van der Waals surface area contributed by atoms with E-state index in [1.165, 1.54) is 18.2 Å². The Labute approximate surface area is 177 Å². The lowest BCUT2D eigenvalue weighted by Gasteiger charge is -2.08. The Kier molecular flexibility index (Phi) is 7.88. The number of anilines is 2. The molecule has 0 aliphatic heterocycles. The van der Waals surface area contributed by atoms with Gasteiger partial charge < -0.3 is 15.4 Å². The van der Waals surface area contributed by atoms with Crippen molar-refractivity contribution in [3.8, 4) is 0 Å². The molecule has 0 saturated carbocycles. The van der Waals surface area contributed by atoms with Crippen molar-refractivity contribution in [2.45, 2.75) is 26.7 Å². The summed E-state index contributed by atoms with van der Waals surface area (Å²) in [6, 6.07) is 9.28. The molecule has 0 atom stereocenters. The maximum Gasteiger partial charge on any atom is 0.306 e. The van der Waals surface area contributed by atoms with Gasteiger partial charge in [0.1, 0.15) is 0 Å². The van der Waals surface area contributed by atoms with Crippen molar-refractivity contribution in [1.82, 2.24) is 0 Å². The summed E-state index contributed by atoms with van der Waals surface area (Å²) in [5.74, 6) is -1.78. The normalized spacial score (nSPS) is 10.2. The van der Waals surface area contributed by atoms with Gasteiger partial charge in [-0.3, -0.25) is 24.5 Å². The molecule has 0 radical (unpaired) electrons. The van der Waals surface area contributed by atoms with E-state index in [0.717, 1.165) is 5.56 Å². The Bertz CT molecular complexity index is 993. The van der Waals surface area contributed by atoms with Crippen LogP contribution in [0, 0.1) is 24.0 Å². The van der Waals surface area contributed by atoms with Crippen molar-refractivity contribution in [3.63, 3.8) is 0 Å². The molecule has 0 aliphatic rings. The molecule has 2 aromatic rings. The van der Waals surface area contributed by atoms with Gasteiger partial charge in [0.15, 0.2) is 6.61 Å². The third-order valence-electron chi connectivity index (χ3n) is 4.07. The number of ether oxygens (including phenoxy) is 1. The van der Waals surface area contributed by atoms with Crippen LogP contribution in [0.1, 0.15) is 24.0 Å². The second kappa shape index (κ2) is 10.4. The summed E-state index contributed by atoms with van der Waals surface area (Å²) in [6.45, 7) is 2.84. The third-order valence-corrected chi connectivity index (χ3v) is 4.47. The highest BCUT2D eigenvalue weighted by Crippen LogP contribution is 2.22. The molecule has 0 fully saturated rings.